The zero-order valence-corrected chi connectivity index (χ0v) is 10.2. The van der Waals surface area contributed by atoms with Crippen molar-refractivity contribution in [3.63, 3.8) is 0 Å². The fourth-order valence-electron chi connectivity index (χ4n) is 1.38. The molecule has 0 saturated heterocycles. The summed E-state index contributed by atoms with van der Waals surface area (Å²) in [5, 5.41) is 0. The molecule has 0 N–H and O–H groups in total. The molecule has 0 saturated carbocycles. The van der Waals surface area contributed by atoms with E-state index < -0.39 is 0 Å². The summed E-state index contributed by atoms with van der Waals surface area (Å²) >= 11 is 0. The average Bonchev–Trinajstić information content (AvgIpc) is 2.11. The summed E-state index contributed by atoms with van der Waals surface area (Å²) in [6.07, 6.45) is -0.212. The van der Waals surface area contributed by atoms with Gasteiger partial charge in [0.1, 0.15) is 6.10 Å². The Hall–Kier alpha value is -0.730. The van der Waals surface area contributed by atoms with Gasteiger partial charge in [-0.05, 0) is 18.8 Å². The molecule has 0 heterocycles. The Balaban J connectivity index is 4.24. The van der Waals surface area contributed by atoms with E-state index in [-0.39, 0.29) is 12.2 Å². The Morgan fingerprint density at radius 1 is 1.21 bits per heavy atom. The minimum Gasteiger partial charge on any atom is -0.446 e. The van der Waals surface area contributed by atoms with Gasteiger partial charge in [0, 0.05) is 13.6 Å². The molecule has 0 aromatic rings. The molecule has 0 bridgehead atoms. The quantitative estimate of drug-likeness (QED) is 0.700. The minimum atomic E-state index is -0.222. The number of ether oxygens (including phenoxy) is 1. The van der Waals surface area contributed by atoms with Crippen LogP contribution < -0.4 is 0 Å². The first kappa shape index (κ1) is 13.3. The van der Waals surface area contributed by atoms with Gasteiger partial charge in [0.15, 0.2) is 0 Å². The molecule has 0 aromatic carbocycles. The summed E-state index contributed by atoms with van der Waals surface area (Å²) in [7, 11) is 1.75. The first-order chi connectivity index (χ1) is 6.40. The van der Waals surface area contributed by atoms with Crippen LogP contribution in [0.1, 0.15) is 34.6 Å². The van der Waals surface area contributed by atoms with Gasteiger partial charge in [-0.15, -0.1) is 0 Å². The molecule has 0 fully saturated rings. The van der Waals surface area contributed by atoms with Gasteiger partial charge in [-0.3, -0.25) is 0 Å². The Labute approximate surface area is 87.4 Å². The van der Waals surface area contributed by atoms with Crippen molar-refractivity contribution in [2.45, 2.75) is 40.7 Å². The topological polar surface area (TPSA) is 29.5 Å². The van der Waals surface area contributed by atoms with Gasteiger partial charge in [-0.25, -0.2) is 4.79 Å². The van der Waals surface area contributed by atoms with E-state index in [4.69, 9.17) is 4.74 Å². The van der Waals surface area contributed by atoms with E-state index in [9.17, 15) is 4.79 Å². The third-order valence-electron chi connectivity index (χ3n) is 2.34. The number of carbonyl (C=O) groups is 1. The fraction of sp³-hybridized carbons (Fsp3) is 0.909. The van der Waals surface area contributed by atoms with E-state index in [1.54, 1.807) is 11.9 Å². The van der Waals surface area contributed by atoms with Crippen LogP contribution in [0.3, 0.4) is 0 Å². The van der Waals surface area contributed by atoms with Crippen molar-refractivity contribution < 1.29 is 9.53 Å². The van der Waals surface area contributed by atoms with Crippen molar-refractivity contribution in [2.75, 3.05) is 13.6 Å². The maximum absolute atomic E-state index is 11.5. The molecule has 0 unspecified atom stereocenters. The van der Waals surface area contributed by atoms with E-state index in [1.807, 2.05) is 6.92 Å². The summed E-state index contributed by atoms with van der Waals surface area (Å²) in [5.74, 6) is 0.730. The monoisotopic (exact) mass is 201 g/mol. The molecular weight excluding hydrogens is 178 g/mol. The average molecular weight is 201 g/mol. The first-order valence-corrected chi connectivity index (χ1v) is 5.31. The molecule has 3 heteroatoms. The second kappa shape index (κ2) is 5.89. The van der Waals surface area contributed by atoms with E-state index in [0.717, 1.165) is 0 Å². The van der Waals surface area contributed by atoms with E-state index in [0.29, 0.717) is 18.4 Å². The molecule has 0 aliphatic carbocycles. The lowest BCUT2D eigenvalue weighted by Crippen LogP contribution is -2.35. The molecule has 1 amide bonds. The maximum atomic E-state index is 11.5. The van der Waals surface area contributed by atoms with Crippen LogP contribution in [0, 0.1) is 11.8 Å². The molecule has 0 aliphatic rings. The fourth-order valence-corrected chi connectivity index (χ4v) is 1.38. The van der Waals surface area contributed by atoms with Crippen molar-refractivity contribution in [3.8, 4) is 0 Å². The molecule has 0 atom stereocenters. The molecule has 84 valence electrons. The molecule has 0 radical (unpaired) electrons. The lowest BCUT2D eigenvalue weighted by Gasteiger charge is -2.27. The van der Waals surface area contributed by atoms with Crippen LogP contribution >= 0.6 is 0 Å². The first-order valence-electron chi connectivity index (χ1n) is 5.31. The summed E-state index contributed by atoms with van der Waals surface area (Å²) in [4.78, 5) is 13.1. The number of nitrogens with zero attached hydrogens (tertiary/aromatic N) is 1. The highest BCUT2D eigenvalue weighted by molar-refractivity contribution is 5.67. The van der Waals surface area contributed by atoms with Crippen LogP contribution in [0.25, 0.3) is 0 Å². The summed E-state index contributed by atoms with van der Waals surface area (Å²) in [5.41, 5.74) is 0. The molecule has 0 rings (SSSR count). The van der Waals surface area contributed by atoms with Gasteiger partial charge in [-0.1, -0.05) is 27.7 Å². The van der Waals surface area contributed by atoms with Crippen molar-refractivity contribution in [1.82, 2.24) is 4.90 Å². The number of rotatable bonds is 4. The predicted octanol–water partition coefficient (Wildman–Crippen LogP) is 2.76. The standard InChI is InChI=1S/C11H23NO2/c1-7-12(6)11(13)14-10(8(2)3)9(4)5/h8-10H,7H2,1-6H3. The van der Waals surface area contributed by atoms with E-state index in [1.165, 1.54) is 0 Å². The van der Waals surface area contributed by atoms with E-state index in [2.05, 4.69) is 27.7 Å². The highest BCUT2D eigenvalue weighted by Crippen LogP contribution is 2.16. The predicted molar refractivity (Wildman–Crippen MR) is 58.2 cm³/mol. The number of hydrogen-bond donors (Lipinski definition) is 0. The molecule has 14 heavy (non-hydrogen) atoms. The van der Waals surface area contributed by atoms with Crippen LogP contribution in [-0.2, 0) is 4.74 Å². The van der Waals surface area contributed by atoms with Crippen molar-refractivity contribution >= 4 is 6.09 Å². The van der Waals surface area contributed by atoms with Crippen molar-refractivity contribution in [2.24, 2.45) is 11.8 Å². The number of amides is 1. The van der Waals surface area contributed by atoms with Gasteiger partial charge in [0.25, 0.3) is 0 Å². The van der Waals surface area contributed by atoms with Crippen LogP contribution in [0.5, 0.6) is 0 Å². The van der Waals surface area contributed by atoms with Crippen LogP contribution in [0.2, 0.25) is 0 Å². The SMILES string of the molecule is CCN(C)C(=O)OC(C(C)C)C(C)C. The Bertz CT molecular complexity index is 170. The Morgan fingerprint density at radius 2 is 1.64 bits per heavy atom. The third-order valence-corrected chi connectivity index (χ3v) is 2.34. The normalized spacial score (nSPS) is 11.2. The lowest BCUT2D eigenvalue weighted by atomic mass is 9.96. The smallest absolute Gasteiger partial charge is 0.409 e. The van der Waals surface area contributed by atoms with Gasteiger partial charge in [0.05, 0.1) is 0 Å². The zero-order chi connectivity index (χ0) is 11.3. The zero-order valence-electron chi connectivity index (χ0n) is 10.2. The summed E-state index contributed by atoms with van der Waals surface area (Å²) in [6, 6.07) is 0. The number of hydrogen-bond acceptors (Lipinski definition) is 2. The van der Waals surface area contributed by atoms with Gasteiger partial charge in [-0.2, -0.15) is 0 Å². The molecule has 3 nitrogen and oxygen atoms in total. The largest absolute Gasteiger partial charge is 0.446 e. The second-order valence-corrected chi connectivity index (χ2v) is 4.35. The van der Waals surface area contributed by atoms with E-state index >= 15 is 0 Å². The summed E-state index contributed by atoms with van der Waals surface area (Å²) in [6.45, 7) is 10.9. The van der Waals surface area contributed by atoms with Crippen LogP contribution in [0.4, 0.5) is 4.79 Å². The maximum Gasteiger partial charge on any atom is 0.409 e. The van der Waals surface area contributed by atoms with Crippen LogP contribution in [0.15, 0.2) is 0 Å². The molecule has 0 aliphatic heterocycles. The van der Waals surface area contributed by atoms with Gasteiger partial charge in [0.2, 0.25) is 0 Å². The molecule has 0 aromatic heterocycles. The molecule has 0 spiro atoms. The minimum absolute atomic E-state index is 0.0106. The van der Waals surface area contributed by atoms with Crippen LogP contribution in [-0.4, -0.2) is 30.7 Å². The highest BCUT2D eigenvalue weighted by atomic mass is 16.6. The number of carbonyl (C=O) groups excluding carboxylic acids is 1. The van der Waals surface area contributed by atoms with Gasteiger partial charge >= 0.3 is 6.09 Å². The third kappa shape index (κ3) is 3.99. The van der Waals surface area contributed by atoms with Gasteiger partial charge < -0.3 is 9.64 Å². The Kier molecular flexibility index (Phi) is 5.58. The molecular formula is C11H23NO2. The highest BCUT2D eigenvalue weighted by Gasteiger charge is 2.22. The lowest BCUT2D eigenvalue weighted by molar-refractivity contribution is 0.0235. The summed E-state index contributed by atoms with van der Waals surface area (Å²) < 4.78 is 5.41. The second-order valence-electron chi connectivity index (χ2n) is 4.35. The Morgan fingerprint density at radius 3 is 1.93 bits per heavy atom. The van der Waals surface area contributed by atoms with Crippen molar-refractivity contribution in [3.05, 3.63) is 0 Å². The van der Waals surface area contributed by atoms with Crippen molar-refractivity contribution in [1.29, 1.82) is 0 Å².